The average molecular weight is 349 g/mol. The van der Waals surface area contributed by atoms with Crippen molar-refractivity contribution in [2.24, 2.45) is 0 Å². The molecule has 1 aromatic carbocycles. The van der Waals surface area contributed by atoms with Crippen molar-refractivity contribution in [1.82, 2.24) is 14.7 Å². The molecule has 0 radical (unpaired) electrons. The highest BCUT2D eigenvalue weighted by Crippen LogP contribution is 2.26. The minimum absolute atomic E-state index is 0.196. The summed E-state index contributed by atoms with van der Waals surface area (Å²) in [7, 11) is 1.68. The van der Waals surface area contributed by atoms with Crippen LogP contribution in [-0.2, 0) is 6.54 Å². The van der Waals surface area contributed by atoms with Crippen molar-refractivity contribution >= 4 is 6.03 Å². The highest BCUT2D eigenvalue weighted by Gasteiger charge is 2.31. The van der Waals surface area contributed by atoms with E-state index >= 15 is 0 Å². The molecule has 2 rings (SSSR count). The summed E-state index contributed by atoms with van der Waals surface area (Å²) >= 11 is 0. The summed E-state index contributed by atoms with van der Waals surface area (Å²) in [5.41, 5.74) is 1.94. The van der Waals surface area contributed by atoms with Gasteiger partial charge in [-0.05, 0) is 18.1 Å². The summed E-state index contributed by atoms with van der Waals surface area (Å²) < 4.78 is 0. The summed E-state index contributed by atoms with van der Waals surface area (Å²) in [6.07, 6.45) is 3.13. The molecule has 0 fully saturated rings. The molecule has 0 unspecified atom stereocenters. The van der Waals surface area contributed by atoms with E-state index in [2.05, 4.69) is 25.6 Å². The lowest BCUT2D eigenvalue weighted by Crippen LogP contribution is -2.48. The zero-order valence-corrected chi connectivity index (χ0v) is 15.3. The van der Waals surface area contributed by atoms with Gasteiger partial charge in [0, 0.05) is 31.9 Å². The molecule has 6 heteroatoms. The van der Waals surface area contributed by atoms with Crippen LogP contribution in [0.1, 0.15) is 30.9 Å². The van der Waals surface area contributed by atoms with Crippen molar-refractivity contribution in [3.05, 3.63) is 59.6 Å². The maximum atomic E-state index is 12.9. The van der Waals surface area contributed by atoms with Crippen molar-refractivity contribution in [2.45, 2.75) is 26.3 Å². The molecule has 0 saturated carbocycles. The number of rotatable bonds is 7. The molecule has 134 valence electrons. The quantitative estimate of drug-likeness (QED) is 0.756. The third-order valence-electron chi connectivity index (χ3n) is 4.30. The van der Waals surface area contributed by atoms with Crippen LogP contribution in [0.15, 0.2) is 48.4 Å². The predicted molar refractivity (Wildman–Crippen MR) is 99.2 cm³/mol. The van der Waals surface area contributed by atoms with Crippen molar-refractivity contribution < 1.29 is 4.79 Å². The SMILES string of the molecule is C=C1C=C(N(CCC)CCC#N)N(Cc2ccccc2C#N)C(=O)N1C. The highest BCUT2D eigenvalue weighted by atomic mass is 16.2. The number of likely N-dealkylation sites (N-methyl/N-ethyl adjacent to an activating group) is 1. The Kier molecular flexibility index (Phi) is 6.41. The molecule has 6 nitrogen and oxygen atoms in total. The highest BCUT2D eigenvalue weighted by molar-refractivity contribution is 5.80. The summed E-state index contributed by atoms with van der Waals surface area (Å²) in [5.74, 6) is 0.725. The topological polar surface area (TPSA) is 74.4 Å². The molecule has 0 saturated heterocycles. The first-order valence-corrected chi connectivity index (χ1v) is 8.59. The molecular weight excluding hydrogens is 326 g/mol. The van der Waals surface area contributed by atoms with E-state index in [1.807, 2.05) is 23.1 Å². The molecule has 0 aliphatic carbocycles. The van der Waals surface area contributed by atoms with Gasteiger partial charge in [0.05, 0.1) is 30.7 Å². The van der Waals surface area contributed by atoms with Gasteiger partial charge in [-0.2, -0.15) is 10.5 Å². The van der Waals surface area contributed by atoms with Crippen LogP contribution in [0.25, 0.3) is 0 Å². The molecule has 0 spiro atoms. The van der Waals surface area contributed by atoms with E-state index in [1.165, 1.54) is 4.90 Å². The Morgan fingerprint density at radius 1 is 1.23 bits per heavy atom. The van der Waals surface area contributed by atoms with Crippen LogP contribution in [0.3, 0.4) is 0 Å². The third kappa shape index (κ3) is 4.04. The number of carbonyl (C=O) groups excluding carboxylic acids is 1. The van der Waals surface area contributed by atoms with Crippen LogP contribution in [-0.4, -0.2) is 40.9 Å². The van der Waals surface area contributed by atoms with Crippen molar-refractivity contribution in [2.75, 3.05) is 20.1 Å². The lowest BCUT2D eigenvalue weighted by molar-refractivity contribution is 0.153. The number of allylic oxidation sites excluding steroid dienone is 1. The summed E-state index contributed by atoms with van der Waals surface area (Å²) in [6.45, 7) is 7.57. The number of carbonyl (C=O) groups is 1. The lowest BCUT2D eigenvalue weighted by Gasteiger charge is -2.40. The number of urea groups is 1. The Balaban J connectivity index is 2.42. The van der Waals surface area contributed by atoms with Gasteiger partial charge in [0.25, 0.3) is 0 Å². The smallest absolute Gasteiger partial charge is 0.330 e. The van der Waals surface area contributed by atoms with Gasteiger partial charge < -0.3 is 4.90 Å². The predicted octanol–water partition coefficient (Wildman–Crippen LogP) is 3.41. The number of nitriles is 2. The third-order valence-corrected chi connectivity index (χ3v) is 4.30. The number of nitrogens with zero attached hydrogens (tertiary/aromatic N) is 5. The summed E-state index contributed by atoms with van der Waals surface area (Å²) in [4.78, 5) is 18.1. The molecule has 1 aromatic rings. The van der Waals surface area contributed by atoms with Gasteiger partial charge in [0.2, 0.25) is 0 Å². The van der Waals surface area contributed by atoms with Gasteiger partial charge >= 0.3 is 6.03 Å². The molecule has 0 atom stereocenters. The minimum atomic E-state index is -0.196. The Morgan fingerprint density at radius 2 is 1.96 bits per heavy atom. The Bertz CT molecular complexity index is 799. The first kappa shape index (κ1) is 19.1. The van der Waals surface area contributed by atoms with Crippen LogP contribution in [0.2, 0.25) is 0 Å². The van der Waals surface area contributed by atoms with Crippen LogP contribution < -0.4 is 0 Å². The van der Waals surface area contributed by atoms with Crippen molar-refractivity contribution in [3.63, 3.8) is 0 Å². The second kappa shape index (κ2) is 8.73. The van der Waals surface area contributed by atoms with Crippen LogP contribution >= 0.6 is 0 Å². The van der Waals surface area contributed by atoms with E-state index in [0.717, 1.165) is 24.4 Å². The van der Waals surface area contributed by atoms with E-state index in [0.29, 0.717) is 30.8 Å². The maximum absolute atomic E-state index is 12.9. The first-order valence-electron chi connectivity index (χ1n) is 8.59. The molecule has 0 N–H and O–H groups in total. The number of hydrogen-bond acceptors (Lipinski definition) is 4. The average Bonchev–Trinajstić information content (AvgIpc) is 2.65. The molecule has 0 aromatic heterocycles. The van der Waals surface area contributed by atoms with Gasteiger partial charge in [-0.1, -0.05) is 31.7 Å². The Labute approximate surface area is 154 Å². The second-order valence-electron chi connectivity index (χ2n) is 6.09. The van der Waals surface area contributed by atoms with Gasteiger partial charge in [0.1, 0.15) is 5.82 Å². The Morgan fingerprint density at radius 3 is 2.62 bits per heavy atom. The number of benzene rings is 1. The van der Waals surface area contributed by atoms with E-state index in [4.69, 9.17) is 5.26 Å². The monoisotopic (exact) mass is 349 g/mol. The largest absolute Gasteiger partial charge is 0.357 e. The van der Waals surface area contributed by atoms with Gasteiger partial charge in [0.15, 0.2) is 0 Å². The van der Waals surface area contributed by atoms with Gasteiger partial charge in [-0.25, -0.2) is 4.79 Å². The zero-order valence-electron chi connectivity index (χ0n) is 15.3. The standard InChI is InChI=1S/C20H23N5O/c1-4-11-24(12-7-10-21)19-13-16(2)23(3)20(26)25(19)15-18-9-6-5-8-17(18)14-22/h5-6,8-9,13H,2,4,7,11-12,15H2,1,3H3. The fourth-order valence-electron chi connectivity index (χ4n) is 2.87. The van der Waals surface area contributed by atoms with Crippen molar-refractivity contribution in [3.8, 4) is 12.1 Å². The number of amides is 2. The van der Waals surface area contributed by atoms with Crippen molar-refractivity contribution in [1.29, 1.82) is 10.5 Å². The van der Waals surface area contributed by atoms with E-state index in [-0.39, 0.29) is 6.03 Å². The first-order chi connectivity index (χ1) is 12.5. The van der Waals surface area contributed by atoms with E-state index < -0.39 is 0 Å². The molecule has 26 heavy (non-hydrogen) atoms. The minimum Gasteiger partial charge on any atom is -0.357 e. The van der Waals surface area contributed by atoms with Gasteiger partial charge in [-0.3, -0.25) is 9.80 Å². The van der Waals surface area contributed by atoms with Crippen LogP contribution in [0.5, 0.6) is 0 Å². The van der Waals surface area contributed by atoms with E-state index in [9.17, 15) is 10.1 Å². The maximum Gasteiger partial charge on any atom is 0.330 e. The van der Waals surface area contributed by atoms with E-state index in [1.54, 1.807) is 24.1 Å². The second-order valence-corrected chi connectivity index (χ2v) is 6.09. The molecule has 0 bridgehead atoms. The fraction of sp³-hybridized carbons (Fsp3) is 0.350. The van der Waals surface area contributed by atoms with Crippen LogP contribution in [0.4, 0.5) is 4.79 Å². The summed E-state index contributed by atoms with van der Waals surface area (Å²) in [5, 5.41) is 18.3. The zero-order chi connectivity index (χ0) is 19.1. The fourth-order valence-corrected chi connectivity index (χ4v) is 2.87. The summed E-state index contributed by atoms with van der Waals surface area (Å²) in [6, 6.07) is 11.4. The van der Waals surface area contributed by atoms with Gasteiger partial charge in [-0.15, -0.1) is 0 Å². The van der Waals surface area contributed by atoms with Crippen LogP contribution in [0, 0.1) is 22.7 Å². The Hall–Kier alpha value is -3.25. The molecule has 1 aliphatic rings. The molecule has 1 aliphatic heterocycles. The molecule has 1 heterocycles. The number of hydrogen-bond donors (Lipinski definition) is 0. The normalized spacial score (nSPS) is 13.9. The lowest BCUT2D eigenvalue weighted by atomic mass is 10.1. The molecular formula is C20H23N5O. The molecule has 2 amide bonds.